The van der Waals surface area contributed by atoms with E-state index in [0.29, 0.717) is 21.3 Å². The van der Waals surface area contributed by atoms with Gasteiger partial charge in [0.15, 0.2) is 0 Å². The van der Waals surface area contributed by atoms with Gasteiger partial charge in [-0.2, -0.15) is 4.31 Å². The number of benzene rings is 2. The van der Waals surface area contributed by atoms with Crippen LogP contribution in [-0.4, -0.2) is 19.8 Å². The van der Waals surface area contributed by atoms with E-state index in [4.69, 9.17) is 28.9 Å². The molecule has 21 heavy (non-hydrogen) atoms. The molecule has 112 valence electrons. The molecule has 0 fully saturated rings. The molecule has 2 rings (SSSR count). The van der Waals surface area contributed by atoms with Crippen molar-refractivity contribution in [1.82, 2.24) is 4.31 Å². The third-order valence-corrected chi connectivity index (χ3v) is 5.17. The lowest BCUT2D eigenvalue weighted by Crippen LogP contribution is -2.26. The zero-order chi connectivity index (χ0) is 15.6. The first-order valence-electron chi connectivity index (χ1n) is 6.06. The molecule has 0 aliphatic heterocycles. The molecule has 2 aromatic carbocycles. The fourth-order valence-electron chi connectivity index (χ4n) is 1.86. The number of anilines is 1. The zero-order valence-corrected chi connectivity index (χ0v) is 13.6. The van der Waals surface area contributed by atoms with E-state index in [2.05, 4.69) is 0 Å². The Morgan fingerprint density at radius 3 is 2.10 bits per heavy atom. The van der Waals surface area contributed by atoms with Gasteiger partial charge in [-0.3, -0.25) is 0 Å². The molecule has 0 radical (unpaired) electrons. The Balaban J connectivity index is 2.26. The van der Waals surface area contributed by atoms with Crippen molar-refractivity contribution < 1.29 is 8.42 Å². The number of hydrogen-bond donors (Lipinski definition) is 1. The minimum Gasteiger partial charge on any atom is -0.399 e. The summed E-state index contributed by atoms with van der Waals surface area (Å²) < 4.78 is 26.1. The monoisotopic (exact) mass is 344 g/mol. The van der Waals surface area contributed by atoms with Gasteiger partial charge in [0.25, 0.3) is 0 Å². The molecule has 0 spiro atoms. The van der Waals surface area contributed by atoms with E-state index in [-0.39, 0.29) is 11.4 Å². The highest BCUT2D eigenvalue weighted by Crippen LogP contribution is 2.22. The van der Waals surface area contributed by atoms with Crippen molar-refractivity contribution in [2.45, 2.75) is 11.4 Å². The number of nitrogen functional groups attached to an aromatic ring is 1. The van der Waals surface area contributed by atoms with E-state index >= 15 is 0 Å². The van der Waals surface area contributed by atoms with Crippen LogP contribution in [0.2, 0.25) is 10.0 Å². The predicted octanol–water partition coefficient (Wildman–Crippen LogP) is 3.40. The molecule has 0 atom stereocenters. The SMILES string of the molecule is CN(Cc1cc(Cl)cc(Cl)c1)S(=O)(=O)c1ccc(N)cc1. The van der Waals surface area contributed by atoms with Gasteiger partial charge in [0.1, 0.15) is 0 Å². The van der Waals surface area contributed by atoms with Gasteiger partial charge in [0, 0.05) is 29.3 Å². The van der Waals surface area contributed by atoms with Gasteiger partial charge in [-0.1, -0.05) is 23.2 Å². The molecule has 2 N–H and O–H groups in total. The van der Waals surface area contributed by atoms with Crippen LogP contribution in [0.5, 0.6) is 0 Å². The molecule has 0 saturated heterocycles. The quantitative estimate of drug-likeness (QED) is 0.864. The highest BCUT2D eigenvalue weighted by Gasteiger charge is 2.20. The van der Waals surface area contributed by atoms with Crippen molar-refractivity contribution in [3.63, 3.8) is 0 Å². The molecule has 0 aliphatic carbocycles. The maximum Gasteiger partial charge on any atom is 0.243 e. The van der Waals surface area contributed by atoms with Crippen molar-refractivity contribution in [2.75, 3.05) is 12.8 Å². The minimum atomic E-state index is -3.59. The molecule has 0 aromatic heterocycles. The second kappa shape index (κ2) is 6.23. The van der Waals surface area contributed by atoms with Gasteiger partial charge in [0.05, 0.1) is 4.90 Å². The third kappa shape index (κ3) is 3.89. The number of hydrogen-bond acceptors (Lipinski definition) is 3. The molecule has 0 saturated carbocycles. The molecular formula is C14H14Cl2N2O2S. The van der Waals surface area contributed by atoms with Crippen molar-refractivity contribution >= 4 is 38.9 Å². The summed E-state index contributed by atoms with van der Waals surface area (Å²) in [6, 6.07) is 11.0. The van der Waals surface area contributed by atoms with Gasteiger partial charge in [-0.25, -0.2) is 8.42 Å². The van der Waals surface area contributed by atoms with Crippen LogP contribution < -0.4 is 5.73 Å². The molecule has 0 amide bonds. The molecule has 7 heteroatoms. The Bertz CT molecular complexity index is 726. The van der Waals surface area contributed by atoms with Crippen LogP contribution in [0.25, 0.3) is 0 Å². The van der Waals surface area contributed by atoms with E-state index < -0.39 is 10.0 Å². The average molecular weight is 345 g/mol. The first-order valence-corrected chi connectivity index (χ1v) is 8.25. The fourth-order valence-corrected chi connectivity index (χ4v) is 3.59. The molecule has 0 unspecified atom stereocenters. The van der Waals surface area contributed by atoms with Crippen LogP contribution >= 0.6 is 23.2 Å². The van der Waals surface area contributed by atoms with Crippen molar-refractivity contribution in [3.8, 4) is 0 Å². The van der Waals surface area contributed by atoms with Crippen LogP contribution in [0.4, 0.5) is 5.69 Å². The number of nitrogens with two attached hydrogens (primary N) is 1. The fraction of sp³-hybridized carbons (Fsp3) is 0.143. The standard InChI is InChI=1S/C14H14Cl2N2O2S/c1-18(9-10-6-11(15)8-12(16)7-10)21(19,20)14-4-2-13(17)3-5-14/h2-8H,9,17H2,1H3. The zero-order valence-electron chi connectivity index (χ0n) is 11.3. The lowest BCUT2D eigenvalue weighted by molar-refractivity contribution is 0.467. The number of halogens is 2. The van der Waals surface area contributed by atoms with Gasteiger partial charge in [0.2, 0.25) is 10.0 Å². The topological polar surface area (TPSA) is 63.4 Å². The summed E-state index contributed by atoms with van der Waals surface area (Å²) in [6.07, 6.45) is 0. The lowest BCUT2D eigenvalue weighted by Gasteiger charge is -2.17. The van der Waals surface area contributed by atoms with E-state index in [9.17, 15) is 8.42 Å². The number of rotatable bonds is 4. The van der Waals surface area contributed by atoms with Crippen LogP contribution in [-0.2, 0) is 16.6 Å². The summed E-state index contributed by atoms with van der Waals surface area (Å²) in [5, 5.41) is 0.937. The van der Waals surface area contributed by atoms with Gasteiger partial charge in [-0.15, -0.1) is 0 Å². The van der Waals surface area contributed by atoms with Crippen molar-refractivity contribution in [1.29, 1.82) is 0 Å². The van der Waals surface area contributed by atoms with E-state index in [0.717, 1.165) is 0 Å². The maximum absolute atomic E-state index is 12.4. The second-order valence-corrected chi connectivity index (χ2v) is 7.53. The van der Waals surface area contributed by atoms with Crippen molar-refractivity contribution in [3.05, 3.63) is 58.1 Å². The summed E-state index contributed by atoms with van der Waals surface area (Å²) >= 11 is 11.8. The Hall–Kier alpha value is -1.27. The van der Waals surface area contributed by atoms with Crippen molar-refractivity contribution in [2.24, 2.45) is 0 Å². The molecular weight excluding hydrogens is 331 g/mol. The summed E-state index contributed by atoms with van der Waals surface area (Å²) in [5.41, 5.74) is 6.79. The van der Waals surface area contributed by atoms with Crippen LogP contribution in [0, 0.1) is 0 Å². The maximum atomic E-state index is 12.4. The minimum absolute atomic E-state index is 0.174. The molecule has 2 aromatic rings. The van der Waals surface area contributed by atoms with E-state index in [1.54, 1.807) is 30.3 Å². The van der Waals surface area contributed by atoms with Gasteiger partial charge in [-0.05, 0) is 48.0 Å². The molecule has 0 bridgehead atoms. The Kier molecular flexibility index (Phi) is 4.78. The smallest absolute Gasteiger partial charge is 0.243 e. The first kappa shape index (κ1) is 16.1. The summed E-state index contributed by atoms with van der Waals surface area (Å²) in [6.45, 7) is 0.174. The van der Waals surface area contributed by atoms with Gasteiger partial charge >= 0.3 is 0 Å². The highest BCUT2D eigenvalue weighted by atomic mass is 35.5. The normalized spacial score (nSPS) is 11.8. The van der Waals surface area contributed by atoms with E-state index in [1.165, 1.54) is 23.5 Å². The van der Waals surface area contributed by atoms with E-state index in [1.807, 2.05) is 0 Å². The van der Waals surface area contributed by atoms with Crippen LogP contribution in [0.15, 0.2) is 47.4 Å². The first-order chi connectivity index (χ1) is 9.79. The third-order valence-electron chi connectivity index (χ3n) is 2.92. The Labute approximate surface area is 134 Å². The molecule has 0 heterocycles. The Morgan fingerprint density at radius 2 is 1.57 bits per heavy atom. The second-order valence-electron chi connectivity index (χ2n) is 4.61. The number of sulfonamides is 1. The van der Waals surface area contributed by atoms with Gasteiger partial charge < -0.3 is 5.73 Å². The van der Waals surface area contributed by atoms with Crippen LogP contribution in [0.1, 0.15) is 5.56 Å². The molecule has 0 aliphatic rings. The Morgan fingerprint density at radius 1 is 1.05 bits per heavy atom. The lowest BCUT2D eigenvalue weighted by atomic mass is 10.2. The average Bonchev–Trinajstić information content (AvgIpc) is 2.37. The van der Waals surface area contributed by atoms with Crippen LogP contribution in [0.3, 0.4) is 0 Å². The summed E-state index contributed by atoms with van der Waals surface area (Å²) in [7, 11) is -2.09. The summed E-state index contributed by atoms with van der Waals surface area (Å²) in [5.74, 6) is 0. The predicted molar refractivity (Wildman–Crippen MR) is 86.0 cm³/mol. The molecule has 4 nitrogen and oxygen atoms in total. The largest absolute Gasteiger partial charge is 0.399 e. The number of nitrogens with zero attached hydrogens (tertiary/aromatic N) is 1. The highest BCUT2D eigenvalue weighted by molar-refractivity contribution is 7.89. The summed E-state index contributed by atoms with van der Waals surface area (Å²) in [4.78, 5) is 0.187.